The third-order valence-electron chi connectivity index (χ3n) is 3.81. The van der Waals surface area contributed by atoms with Gasteiger partial charge in [0.05, 0.1) is 24.0 Å². The first-order valence-electron chi connectivity index (χ1n) is 7.51. The molecule has 0 saturated carbocycles. The smallest absolute Gasteiger partial charge is 0.280 e. The molecule has 0 atom stereocenters. The summed E-state index contributed by atoms with van der Waals surface area (Å²) in [5, 5.41) is 7.07. The van der Waals surface area contributed by atoms with Gasteiger partial charge in [0, 0.05) is 18.6 Å². The van der Waals surface area contributed by atoms with Crippen LogP contribution >= 0.6 is 0 Å². The van der Waals surface area contributed by atoms with Crippen LogP contribution in [0.15, 0.2) is 72.0 Å². The summed E-state index contributed by atoms with van der Waals surface area (Å²) >= 11 is 0. The highest BCUT2D eigenvalue weighted by Gasteiger charge is 2.11. The lowest BCUT2D eigenvalue weighted by Gasteiger charge is -2.03. The van der Waals surface area contributed by atoms with Crippen LogP contribution in [0.1, 0.15) is 0 Å². The molecule has 0 aliphatic carbocycles. The average Bonchev–Trinajstić information content (AvgIpc) is 3.32. The van der Waals surface area contributed by atoms with E-state index in [1.807, 2.05) is 18.3 Å². The number of pyridine rings is 1. The van der Waals surface area contributed by atoms with Crippen LogP contribution in [0, 0.1) is 6.57 Å². The zero-order chi connectivity index (χ0) is 17.2. The Balaban J connectivity index is 1.69. The van der Waals surface area contributed by atoms with Crippen molar-refractivity contribution in [1.82, 2.24) is 24.5 Å². The second-order valence-electron chi connectivity index (χ2n) is 5.31. The van der Waals surface area contributed by atoms with Crippen molar-refractivity contribution < 1.29 is 0 Å². The summed E-state index contributed by atoms with van der Waals surface area (Å²) in [5.74, 6) is 0.491. The summed E-state index contributed by atoms with van der Waals surface area (Å²) in [6.45, 7) is 6.99. The lowest BCUT2D eigenvalue weighted by atomic mass is 10.1. The van der Waals surface area contributed by atoms with Gasteiger partial charge in [0.2, 0.25) is 0 Å². The molecule has 7 heteroatoms. The molecule has 1 N–H and O–H groups in total. The van der Waals surface area contributed by atoms with Crippen molar-refractivity contribution in [2.75, 3.05) is 0 Å². The minimum absolute atomic E-state index is 0.199. The second-order valence-corrected chi connectivity index (χ2v) is 5.31. The number of hydrogen-bond acceptors (Lipinski definition) is 3. The van der Waals surface area contributed by atoms with E-state index in [-0.39, 0.29) is 5.56 Å². The molecule has 4 rings (SSSR count). The Morgan fingerprint density at radius 2 is 1.96 bits per heavy atom. The van der Waals surface area contributed by atoms with E-state index in [1.54, 1.807) is 53.6 Å². The topological polar surface area (TPSA) is 72.9 Å². The van der Waals surface area contributed by atoms with Crippen molar-refractivity contribution in [3.05, 3.63) is 89.0 Å². The van der Waals surface area contributed by atoms with Crippen molar-refractivity contribution in [2.45, 2.75) is 0 Å². The van der Waals surface area contributed by atoms with Gasteiger partial charge in [-0.15, -0.1) is 0 Å². The monoisotopic (exact) mass is 328 g/mol. The van der Waals surface area contributed by atoms with Crippen molar-refractivity contribution >= 4 is 5.69 Å². The normalized spacial score (nSPS) is 10.5. The highest BCUT2D eigenvalue weighted by atomic mass is 16.1. The Morgan fingerprint density at radius 1 is 1.12 bits per heavy atom. The molecule has 3 aromatic heterocycles. The Hall–Kier alpha value is -3.92. The maximum absolute atomic E-state index is 12.7. The highest BCUT2D eigenvalue weighted by Crippen LogP contribution is 2.20. The van der Waals surface area contributed by atoms with Gasteiger partial charge in [0.25, 0.3) is 5.56 Å². The van der Waals surface area contributed by atoms with Gasteiger partial charge in [-0.1, -0.05) is 24.3 Å². The lowest BCUT2D eigenvalue weighted by Crippen LogP contribution is -2.17. The standard InChI is InChI=1S/C18H12N6O/c1-19-14-5-3-13(4-6-14)16-12-22-24(18(16)25)17-8-7-15(11-20-17)23-10-2-9-21-23/h2-12,22H. The van der Waals surface area contributed by atoms with Gasteiger partial charge in [-0.25, -0.2) is 19.2 Å². The van der Waals surface area contributed by atoms with Crippen LogP contribution in [-0.4, -0.2) is 24.5 Å². The predicted octanol–water partition coefficient (Wildman–Crippen LogP) is 2.96. The maximum Gasteiger partial charge on any atom is 0.280 e. The molecule has 0 fully saturated rings. The van der Waals surface area contributed by atoms with E-state index >= 15 is 0 Å². The van der Waals surface area contributed by atoms with Crippen LogP contribution < -0.4 is 5.56 Å². The SMILES string of the molecule is [C-]#[N+]c1ccc(-c2c[nH]n(-c3ccc(-n4cccn4)cn3)c2=O)cc1. The third kappa shape index (κ3) is 2.62. The van der Waals surface area contributed by atoms with Gasteiger partial charge in [-0.2, -0.15) is 5.10 Å². The quantitative estimate of drug-likeness (QED) is 0.588. The minimum Gasteiger partial charge on any atom is -0.296 e. The minimum atomic E-state index is -0.199. The number of aromatic amines is 1. The molecule has 1 aromatic carbocycles. The van der Waals surface area contributed by atoms with Crippen molar-refractivity contribution in [3.63, 3.8) is 0 Å². The average molecular weight is 328 g/mol. The molecule has 120 valence electrons. The van der Waals surface area contributed by atoms with E-state index < -0.39 is 0 Å². The van der Waals surface area contributed by atoms with Gasteiger partial charge in [0.1, 0.15) is 0 Å². The predicted molar refractivity (Wildman–Crippen MR) is 93.0 cm³/mol. The number of H-pyrrole nitrogens is 1. The van der Waals surface area contributed by atoms with Crippen LogP contribution in [0.2, 0.25) is 0 Å². The van der Waals surface area contributed by atoms with Gasteiger partial charge in [0.15, 0.2) is 11.5 Å². The maximum atomic E-state index is 12.7. The van der Waals surface area contributed by atoms with Gasteiger partial charge >= 0.3 is 0 Å². The molecule has 0 unspecified atom stereocenters. The van der Waals surface area contributed by atoms with Crippen LogP contribution in [0.3, 0.4) is 0 Å². The highest BCUT2D eigenvalue weighted by molar-refractivity contribution is 5.65. The summed E-state index contributed by atoms with van der Waals surface area (Å²) in [6.07, 6.45) is 6.80. The van der Waals surface area contributed by atoms with Crippen molar-refractivity contribution in [2.24, 2.45) is 0 Å². The number of nitrogens with zero attached hydrogens (tertiary/aromatic N) is 5. The molecule has 7 nitrogen and oxygen atoms in total. The molecule has 0 spiro atoms. The number of nitrogens with one attached hydrogen (secondary N) is 1. The summed E-state index contributed by atoms with van der Waals surface area (Å²) in [4.78, 5) is 20.3. The van der Waals surface area contributed by atoms with Gasteiger partial charge < -0.3 is 0 Å². The molecule has 0 aliphatic heterocycles. The molecule has 0 aliphatic rings. The van der Waals surface area contributed by atoms with Crippen LogP contribution in [-0.2, 0) is 0 Å². The van der Waals surface area contributed by atoms with Crippen molar-refractivity contribution in [3.8, 4) is 22.6 Å². The number of rotatable bonds is 3. The fraction of sp³-hybridized carbons (Fsp3) is 0. The van der Waals surface area contributed by atoms with Crippen LogP contribution in [0.5, 0.6) is 0 Å². The van der Waals surface area contributed by atoms with Crippen molar-refractivity contribution in [1.29, 1.82) is 0 Å². The van der Waals surface area contributed by atoms with E-state index in [0.29, 0.717) is 17.1 Å². The first-order valence-corrected chi connectivity index (χ1v) is 7.51. The van der Waals surface area contributed by atoms with Gasteiger partial charge in [-0.3, -0.25) is 9.89 Å². The zero-order valence-electron chi connectivity index (χ0n) is 13.0. The van der Waals surface area contributed by atoms with E-state index in [9.17, 15) is 4.79 Å². The summed E-state index contributed by atoms with van der Waals surface area (Å²) in [5.41, 5.74) is 2.42. The molecule has 25 heavy (non-hydrogen) atoms. The summed E-state index contributed by atoms with van der Waals surface area (Å²) in [6, 6.07) is 12.3. The Morgan fingerprint density at radius 3 is 2.60 bits per heavy atom. The lowest BCUT2D eigenvalue weighted by molar-refractivity contribution is 0.810. The van der Waals surface area contributed by atoms with E-state index in [4.69, 9.17) is 6.57 Å². The first kappa shape index (κ1) is 14.7. The zero-order valence-corrected chi connectivity index (χ0v) is 13.0. The molecule has 0 amide bonds. The Bertz CT molecular complexity index is 1100. The third-order valence-corrected chi connectivity index (χ3v) is 3.81. The number of hydrogen-bond donors (Lipinski definition) is 1. The molecule has 0 radical (unpaired) electrons. The molecular weight excluding hydrogens is 316 g/mol. The molecule has 0 saturated heterocycles. The molecule has 3 heterocycles. The van der Waals surface area contributed by atoms with E-state index in [2.05, 4.69) is 20.0 Å². The number of benzene rings is 1. The van der Waals surface area contributed by atoms with E-state index in [0.717, 1.165) is 11.3 Å². The van der Waals surface area contributed by atoms with Gasteiger partial charge in [-0.05, 0) is 23.8 Å². The van der Waals surface area contributed by atoms with Crippen LogP contribution in [0.4, 0.5) is 5.69 Å². The molecular formula is C18H12N6O. The summed E-state index contributed by atoms with van der Waals surface area (Å²) in [7, 11) is 0. The fourth-order valence-corrected chi connectivity index (χ4v) is 2.53. The Labute approximate surface area is 142 Å². The van der Waals surface area contributed by atoms with E-state index in [1.165, 1.54) is 4.68 Å². The second kappa shape index (κ2) is 5.94. The Kier molecular flexibility index (Phi) is 3.48. The molecule has 4 aromatic rings. The summed E-state index contributed by atoms with van der Waals surface area (Å²) < 4.78 is 3.07. The fourth-order valence-electron chi connectivity index (χ4n) is 2.53. The largest absolute Gasteiger partial charge is 0.296 e. The number of aromatic nitrogens is 5. The van der Waals surface area contributed by atoms with Crippen LogP contribution in [0.25, 0.3) is 27.5 Å². The first-order chi connectivity index (χ1) is 12.3. The molecule has 0 bridgehead atoms.